The molecule has 4 rings (SSSR count). The molecule has 2 saturated carbocycles. The summed E-state index contributed by atoms with van der Waals surface area (Å²) in [7, 11) is -4.01. The highest BCUT2D eigenvalue weighted by Crippen LogP contribution is 2.63. The van der Waals surface area contributed by atoms with Gasteiger partial charge in [0, 0.05) is 12.5 Å². The van der Waals surface area contributed by atoms with Gasteiger partial charge in [-0.15, -0.1) is 0 Å². The smallest absolute Gasteiger partial charge is 0.371 e. The van der Waals surface area contributed by atoms with Crippen molar-refractivity contribution in [2.45, 2.75) is 65.2 Å². The fourth-order valence-electron chi connectivity index (χ4n) is 6.60. The molecule has 0 spiro atoms. The molecule has 0 aromatic heterocycles. The van der Waals surface area contributed by atoms with Crippen LogP contribution in [-0.4, -0.2) is 20.9 Å². The topological polar surface area (TPSA) is 98.5 Å². The monoisotopic (exact) mass is 434 g/mol. The summed E-state index contributed by atoms with van der Waals surface area (Å²) in [5, 5.41) is 8.20. The van der Waals surface area contributed by atoms with E-state index in [1.807, 2.05) is 12.1 Å². The molecule has 3 aliphatic carbocycles. The number of hydrogen-bond donors (Lipinski definition) is 2. The number of fused-ring (bicyclic) bond motifs is 5. The Morgan fingerprint density at radius 1 is 1.27 bits per heavy atom. The summed E-state index contributed by atoms with van der Waals surface area (Å²) in [5.41, 5.74) is 2.57. The fraction of sp³-hybridized carbons (Fsp3) is 0.696. The SMILES string of the molecule is CC(C)CNC(=O)[C@H]1CC[C@H]2[C@@H]3CCc4cc(OS(N)(=O)=O)ccc4[C@H]3CC[C@]12C. The zero-order valence-corrected chi connectivity index (χ0v) is 19.0. The maximum Gasteiger partial charge on any atom is 0.380 e. The maximum absolute atomic E-state index is 12.9. The summed E-state index contributed by atoms with van der Waals surface area (Å²) >= 11 is 0. The van der Waals surface area contributed by atoms with Gasteiger partial charge in [-0.1, -0.05) is 26.8 Å². The van der Waals surface area contributed by atoms with Crippen LogP contribution in [-0.2, 0) is 21.5 Å². The molecule has 2 fully saturated rings. The van der Waals surface area contributed by atoms with Crippen molar-refractivity contribution in [3.8, 4) is 5.75 Å². The summed E-state index contributed by atoms with van der Waals surface area (Å²) < 4.78 is 27.4. The standard InChI is InChI=1S/C23H34N2O4S/c1-14(2)13-25-22(26)21-9-8-20-19-6-4-15-12-16(29-30(24,27)28)5-7-17(15)18(19)10-11-23(20,21)3/h5,7,12,14,18-21H,4,6,8-11,13H2,1-3H3,(H,25,26)(H2,24,27,28)/t18-,19-,20+,21-,23+/m1/s1. The van der Waals surface area contributed by atoms with Crippen molar-refractivity contribution in [2.24, 2.45) is 34.2 Å². The predicted octanol–water partition coefficient (Wildman–Crippen LogP) is 3.51. The van der Waals surface area contributed by atoms with Gasteiger partial charge in [-0.25, -0.2) is 0 Å². The Bertz CT molecular complexity index is 929. The van der Waals surface area contributed by atoms with Crippen LogP contribution in [0, 0.1) is 29.1 Å². The molecular formula is C23H34N2O4S. The molecule has 1 aromatic rings. The van der Waals surface area contributed by atoms with Crippen molar-refractivity contribution in [1.82, 2.24) is 5.32 Å². The van der Waals surface area contributed by atoms with Crippen LogP contribution in [0.5, 0.6) is 5.75 Å². The number of aryl methyl sites for hydroxylation is 1. The van der Waals surface area contributed by atoms with E-state index in [4.69, 9.17) is 9.32 Å². The minimum absolute atomic E-state index is 0.0798. The fourth-order valence-corrected chi connectivity index (χ4v) is 6.98. The van der Waals surface area contributed by atoms with Gasteiger partial charge in [0.15, 0.2) is 0 Å². The zero-order chi connectivity index (χ0) is 21.7. The van der Waals surface area contributed by atoms with E-state index in [1.165, 1.54) is 11.1 Å². The normalized spacial score (nSPS) is 32.8. The van der Waals surface area contributed by atoms with E-state index in [9.17, 15) is 13.2 Å². The number of carbonyl (C=O) groups excluding carboxylic acids is 1. The molecule has 30 heavy (non-hydrogen) atoms. The van der Waals surface area contributed by atoms with Crippen molar-refractivity contribution >= 4 is 16.2 Å². The second-order valence-corrected chi connectivity index (χ2v) is 11.3. The van der Waals surface area contributed by atoms with Gasteiger partial charge in [0.2, 0.25) is 5.91 Å². The van der Waals surface area contributed by atoms with Crippen LogP contribution >= 0.6 is 0 Å². The highest BCUT2D eigenvalue weighted by atomic mass is 32.2. The molecule has 0 unspecified atom stereocenters. The highest BCUT2D eigenvalue weighted by Gasteiger charge is 2.56. The van der Waals surface area contributed by atoms with E-state index < -0.39 is 10.3 Å². The van der Waals surface area contributed by atoms with E-state index in [0.717, 1.165) is 45.1 Å². The van der Waals surface area contributed by atoms with Crippen molar-refractivity contribution in [3.63, 3.8) is 0 Å². The first-order chi connectivity index (χ1) is 14.1. The molecule has 0 saturated heterocycles. The summed E-state index contributed by atoms with van der Waals surface area (Å²) in [6.07, 6.45) is 6.25. The quantitative estimate of drug-likeness (QED) is 0.741. The second kappa shape index (κ2) is 7.83. The van der Waals surface area contributed by atoms with Crippen LogP contribution in [0.25, 0.3) is 0 Å². The Kier molecular flexibility index (Phi) is 5.64. The molecule has 5 atom stereocenters. The van der Waals surface area contributed by atoms with Crippen molar-refractivity contribution in [3.05, 3.63) is 29.3 Å². The summed E-state index contributed by atoms with van der Waals surface area (Å²) in [6.45, 7) is 7.35. The number of amides is 1. The lowest BCUT2D eigenvalue weighted by Crippen LogP contribution is -2.46. The van der Waals surface area contributed by atoms with Gasteiger partial charge >= 0.3 is 10.3 Å². The first kappa shape index (κ1) is 21.6. The van der Waals surface area contributed by atoms with E-state index in [0.29, 0.717) is 23.7 Å². The molecule has 0 aliphatic heterocycles. The van der Waals surface area contributed by atoms with Gasteiger partial charge < -0.3 is 9.50 Å². The third-order valence-corrected chi connectivity index (χ3v) is 8.34. The summed E-state index contributed by atoms with van der Waals surface area (Å²) in [5.74, 6) is 2.75. The number of benzene rings is 1. The lowest BCUT2D eigenvalue weighted by molar-refractivity contribution is -0.130. The third-order valence-electron chi connectivity index (χ3n) is 7.91. The molecule has 1 aromatic carbocycles. The molecule has 0 bridgehead atoms. The average Bonchev–Trinajstić information content (AvgIpc) is 3.01. The number of hydrogen-bond acceptors (Lipinski definition) is 4. The van der Waals surface area contributed by atoms with E-state index in [2.05, 4.69) is 26.1 Å². The van der Waals surface area contributed by atoms with Crippen LogP contribution < -0.4 is 14.6 Å². The van der Waals surface area contributed by atoms with Gasteiger partial charge in [-0.2, -0.15) is 13.6 Å². The van der Waals surface area contributed by atoms with Crippen molar-refractivity contribution in [2.75, 3.05) is 6.54 Å². The van der Waals surface area contributed by atoms with Crippen LogP contribution in [0.3, 0.4) is 0 Å². The first-order valence-electron chi connectivity index (χ1n) is 11.2. The van der Waals surface area contributed by atoms with Crippen molar-refractivity contribution < 1.29 is 17.4 Å². The van der Waals surface area contributed by atoms with Gasteiger partial charge in [0.1, 0.15) is 5.75 Å². The molecule has 0 radical (unpaired) electrons. The van der Waals surface area contributed by atoms with Crippen LogP contribution in [0.4, 0.5) is 0 Å². The van der Waals surface area contributed by atoms with Crippen LogP contribution in [0.15, 0.2) is 18.2 Å². The maximum atomic E-state index is 12.9. The predicted molar refractivity (Wildman–Crippen MR) is 116 cm³/mol. The van der Waals surface area contributed by atoms with Crippen LogP contribution in [0.1, 0.15) is 69.9 Å². The first-order valence-corrected chi connectivity index (χ1v) is 12.7. The molecule has 166 valence electrons. The number of nitrogens with two attached hydrogens (primary N) is 1. The second-order valence-electron chi connectivity index (χ2n) is 10.2. The lowest BCUT2D eigenvalue weighted by atomic mass is 9.54. The van der Waals surface area contributed by atoms with Gasteiger partial charge in [-0.05, 0) is 90.9 Å². The van der Waals surface area contributed by atoms with Crippen molar-refractivity contribution in [1.29, 1.82) is 0 Å². The highest BCUT2D eigenvalue weighted by molar-refractivity contribution is 7.84. The molecule has 6 nitrogen and oxygen atoms in total. The Balaban J connectivity index is 1.53. The number of rotatable bonds is 5. The molecule has 1 amide bonds. The minimum atomic E-state index is -4.01. The summed E-state index contributed by atoms with van der Waals surface area (Å²) in [4.78, 5) is 12.9. The largest absolute Gasteiger partial charge is 0.380 e. The molecule has 3 N–H and O–H groups in total. The Hall–Kier alpha value is -1.60. The number of carbonyl (C=O) groups is 1. The summed E-state index contributed by atoms with van der Waals surface area (Å²) in [6, 6.07) is 5.58. The minimum Gasteiger partial charge on any atom is -0.371 e. The molecule has 3 aliphatic rings. The Labute approximate surface area is 180 Å². The Morgan fingerprint density at radius 2 is 2.03 bits per heavy atom. The number of nitrogens with one attached hydrogen (secondary N) is 1. The zero-order valence-electron chi connectivity index (χ0n) is 18.2. The van der Waals surface area contributed by atoms with Gasteiger partial charge in [-0.3, -0.25) is 4.79 Å². The molecule has 0 heterocycles. The molecular weight excluding hydrogens is 400 g/mol. The third kappa shape index (κ3) is 3.98. The van der Waals surface area contributed by atoms with E-state index in [-0.39, 0.29) is 23.0 Å². The van der Waals surface area contributed by atoms with E-state index >= 15 is 0 Å². The van der Waals surface area contributed by atoms with E-state index in [1.54, 1.807) is 6.07 Å². The average molecular weight is 435 g/mol. The lowest BCUT2D eigenvalue weighted by Gasteiger charge is -2.50. The Morgan fingerprint density at radius 3 is 2.73 bits per heavy atom. The van der Waals surface area contributed by atoms with Crippen LogP contribution in [0.2, 0.25) is 0 Å². The molecule has 7 heteroatoms. The van der Waals surface area contributed by atoms with Gasteiger partial charge in [0.05, 0.1) is 0 Å². The van der Waals surface area contributed by atoms with Gasteiger partial charge in [0.25, 0.3) is 0 Å².